The summed E-state index contributed by atoms with van der Waals surface area (Å²) in [5, 5.41) is 12.6. The van der Waals surface area contributed by atoms with Gasteiger partial charge in [-0.25, -0.2) is 13.4 Å². The third-order valence-electron chi connectivity index (χ3n) is 2.40. The molecule has 0 saturated heterocycles. The lowest BCUT2D eigenvalue weighted by Crippen LogP contribution is -2.27. The van der Waals surface area contributed by atoms with Crippen LogP contribution in [0, 0.1) is 0 Å². The van der Waals surface area contributed by atoms with Crippen LogP contribution in [0.4, 0.5) is 0 Å². The number of thiophene rings is 1. The molecule has 0 aromatic carbocycles. The highest BCUT2D eigenvalue weighted by Gasteiger charge is 2.25. The number of nitrogens with zero attached hydrogens (tertiary/aromatic N) is 2. The molecule has 0 atom stereocenters. The molecule has 18 heavy (non-hydrogen) atoms. The fraction of sp³-hybridized carbons (Fsp3) is 0.300. The molecule has 2 heterocycles. The van der Waals surface area contributed by atoms with Crippen molar-refractivity contribution in [3.63, 3.8) is 0 Å². The van der Waals surface area contributed by atoms with Crippen LogP contribution in [0.2, 0.25) is 0 Å². The molecule has 2 rings (SSSR count). The van der Waals surface area contributed by atoms with Crippen molar-refractivity contribution in [3.8, 4) is 0 Å². The molecule has 0 amide bonds. The average Bonchev–Trinajstić information content (AvgIpc) is 2.98. The van der Waals surface area contributed by atoms with Gasteiger partial charge in [-0.15, -0.1) is 22.7 Å². The summed E-state index contributed by atoms with van der Waals surface area (Å²) in [5.41, 5.74) is 2.38. The van der Waals surface area contributed by atoms with Crippen LogP contribution in [-0.4, -0.2) is 29.9 Å². The van der Waals surface area contributed by atoms with Gasteiger partial charge >= 0.3 is 0 Å². The first-order valence-electron chi connectivity index (χ1n) is 5.06. The normalized spacial score (nSPS) is 12.2. The average molecular weight is 304 g/mol. The van der Waals surface area contributed by atoms with Crippen LogP contribution in [0.1, 0.15) is 10.6 Å². The van der Waals surface area contributed by atoms with Gasteiger partial charge < -0.3 is 5.11 Å². The Labute approximate surface area is 113 Å². The molecule has 0 aliphatic carbocycles. The van der Waals surface area contributed by atoms with Gasteiger partial charge in [0.15, 0.2) is 0 Å². The standard InChI is InChI=1S/C10H12N2O3S3/c1-12(4-8-6-16-7-11-8)18(14,15)10-2-3-17-9(10)5-13/h2-3,6-7,13H,4-5H2,1H3. The Balaban J connectivity index is 2.26. The third kappa shape index (κ3) is 2.62. The maximum absolute atomic E-state index is 12.3. The fourth-order valence-electron chi connectivity index (χ4n) is 1.47. The van der Waals surface area contributed by atoms with E-state index in [4.69, 9.17) is 5.11 Å². The maximum Gasteiger partial charge on any atom is 0.244 e. The van der Waals surface area contributed by atoms with Crippen LogP contribution in [0.15, 0.2) is 27.2 Å². The molecule has 0 aliphatic heterocycles. The molecule has 8 heteroatoms. The molecule has 98 valence electrons. The molecule has 2 aromatic heterocycles. The number of aliphatic hydroxyl groups is 1. The predicted molar refractivity (Wildman–Crippen MR) is 71.0 cm³/mol. The Kier molecular flexibility index (Phi) is 4.13. The Morgan fingerprint density at radius 3 is 2.89 bits per heavy atom. The van der Waals surface area contributed by atoms with Gasteiger partial charge in [-0.1, -0.05) is 0 Å². The van der Waals surface area contributed by atoms with E-state index in [1.165, 1.54) is 40.1 Å². The van der Waals surface area contributed by atoms with Gasteiger partial charge in [-0.05, 0) is 11.4 Å². The summed E-state index contributed by atoms with van der Waals surface area (Å²) in [6.07, 6.45) is 0. The van der Waals surface area contributed by atoms with Gasteiger partial charge in [0.05, 0.1) is 29.3 Å². The topological polar surface area (TPSA) is 70.5 Å². The molecule has 0 radical (unpaired) electrons. The van der Waals surface area contributed by atoms with Crippen molar-refractivity contribution >= 4 is 32.7 Å². The van der Waals surface area contributed by atoms with Crippen molar-refractivity contribution in [2.75, 3.05) is 7.05 Å². The molecule has 2 aromatic rings. The molecule has 0 fully saturated rings. The zero-order valence-corrected chi connectivity index (χ0v) is 12.1. The molecule has 0 spiro atoms. The lowest BCUT2D eigenvalue weighted by molar-refractivity contribution is 0.282. The summed E-state index contributed by atoms with van der Waals surface area (Å²) in [7, 11) is -2.06. The van der Waals surface area contributed by atoms with Crippen molar-refractivity contribution in [3.05, 3.63) is 32.9 Å². The van der Waals surface area contributed by atoms with Crippen molar-refractivity contribution < 1.29 is 13.5 Å². The number of hydrogen-bond acceptors (Lipinski definition) is 6. The van der Waals surface area contributed by atoms with Gasteiger partial charge in [0.2, 0.25) is 10.0 Å². The van der Waals surface area contributed by atoms with Crippen LogP contribution >= 0.6 is 22.7 Å². The number of rotatable bonds is 5. The highest BCUT2D eigenvalue weighted by molar-refractivity contribution is 7.89. The molecule has 5 nitrogen and oxygen atoms in total. The van der Waals surface area contributed by atoms with E-state index in [1.807, 2.05) is 5.38 Å². The van der Waals surface area contributed by atoms with E-state index >= 15 is 0 Å². The van der Waals surface area contributed by atoms with E-state index in [-0.39, 0.29) is 18.0 Å². The summed E-state index contributed by atoms with van der Waals surface area (Å²) in [6, 6.07) is 1.52. The first-order chi connectivity index (χ1) is 8.55. The summed E-state index contributed by atoms with van der Waals surface area (Å²) < 4.78 is 25.8. The first-order valence-corrected chi connectivity index (χ1v) is 8.32. The molecular formula is C10H12N2O3S3. The first kappa shape index (κ1) is 13.6. The van der Waals surface area contributed by atoms with Gasteiger partial charge in [-0.2, -0.15) is 4.31 Å². The van der Waals surface area contributed by atoms with E-state index < -0.39 is 10.0 Å². The van der Waals surface area contributed by atoms with Gasteiger partial charge in [0.1, 0.15) is 0 Å². The van der Waals surface area contributed by atoms with E-state index in [0.717, 1.165) is 0 Å². The zero-order valence-electron chi connectivity index (χ0n) is 9.61. The highest BCUT2D eigenvalue weighted by atomic mass is 32.2. The van der Waals surface area contributed by atoms with Gasteiger partial charge in [-0.3, -0.25) is 0 Å². The van der Waals surface area contributed by atoms with E-state index in [9.17, 15) is 8.42 Å². The molecule has 0 saturated carbocycles. The summed E-state index contributed by atoms with van der Waals surface area (Å²) in [4.78, 5) is 4.69. The van der Waals surface area contributed by atoms with Crippen LogP contribution in [0.25, 0.3) is 0 Å². The quantitative estimate of drug-likeness (QED) is 0.909. The highest BCUT2D eigenvalue weighted by Crippen LogP contribution is 2.25. The lowest BCUT2D eigenvalue weighted by Gasteiger charge is -2.15. The maximum atomic E-state index is 12.3. The number of aliphatic hydroxyl groups excluding tert-OH is 1. The van der Waals surface area contributed by atoms with Gasteiger partial charge in [0, 0.05) is 17.3 Å². The number of sulfonamides is 1. The van der Waals surface area contributed by atoms with Crippen LogP contribution in [0.3, 0.4) is 0 Å². The third-order valence-corrected chi connectivity index (χ3v) is 5.96. The largest absolute Gasteiger partial charge is 0.391 e. The Morgan fingerprint density at radius 1 is 1.50 bits per heavy atom. The van der Waals surface area contributed by atoms with Crippen LogP contribution in [-0.2, 0) is 23.2 Å². The van der Waals surface area contributed by atoms with Crippen molar-refractivity contribution in [1.29, 1.82) is 0 Å². The molecular weight excluding hydrogens is 292 g/mol. The number of aromatic nitrogens is 1. The second-order valence-electron chi connectivity index (χ2n) is 3.61. The number of hydrogen-bond donors (Lipinski definition) is 1. The van der Waals surface area contributed by atoms with Gasteiger partial charge in [0.25, 0.3) is 0 Å². The summed E-state index contributed by atoms with van der Waals surface area (Å²) in [6.45, 7) is -0.0384. The number of thiazole rings is 1. The minimum Gasteiger partial charge on any atom is -0.391 e. The molecule has 0 bridgehead atoms. The minimum atomic E-state index is -3.57. The Bertz CT molecular complexity index is 604. The van der Waals surface area contributed by atoms with Crippen molar-refractivity contribution in [1.82, 2.24) is 9.29 Å². The fourth-order valence-corrected chi connectivity index (χ4v) is 4.42. The Hall–Kier alpha value is -0.800. The SMILES string of the molecule is CN(Cc1cscn1)S(=O)(=O)c1ccsc1CO. The second-order valence-corrected chi connectivity index (χ2v) is 7.34. The van der Waals surface area contributed by atoms with Crippen LogP contribution < -0.4 is 0 Å². The second kappa shape index (κ2) is 5.45. The minimum absolute atomic E-state index is 0.174. The summed E-state index contributed by atoms with van der Waals surface area (Å²) in [5.74, 6) is 0. The predicted octanol–water partition coefficient (Wildman–Crippen LogP) is 1.52. The summed E-state index contributed by atoms with van der Waals surface area (Å²) >= 11 is 2.66. The smallest absolute Gasteiger partial charge is 0.244 e. The lowest BCUT2D eigenvalue weighted by atomic mass is 10.5. The molecule has 0 unspecified atom stereocenters. The van der Waals surface area contributed by atoms with Crippen LogP contribution in [0.5, 0.6) is 0 Å². The van der Waals surface area contributed by atoms with Crippen molar-refractivity contribution in [2.24, 2.45) is 0 Å². The monoisotopic (exact) mass is 304 g/mol. The molecule has 1 N–H and O–H groups in total. The van der Waals surface area contributed by atoms with E-state index in [0.29, 0.717) is 10.6 Å². The van der Waals surface area contributed by atoms with E-state index in [2.05, 4.69) is 4.98 Å². The molecule has 0 aliphatic rings. The zero-order chi connectivity index (χ0) is 13.2. The van der Waals surface area contributed by atoms with Crippen molar-refractivity contribution in [2.45, 2.75) is 18.0 Å². The Morgan fingerprint density at radius 2 is 2.28 bits per heavy atom. The van der Waals surface area contributed by atoms with E-state index in [1.54, 1.807) is 10.9 Å².